The van der Waals surface area contributed by atoms with Gasteiger partial charge in [0.2, 0.25) is 5.91 Å². The Morgan fingerprint density at radius 2 is 1.62 bits per heavy atom. The minimum absolute atomic E-state index is 0.230. The molecule has 1 unspecified atom stereocenters. The molecule has 2 aromatic rings. The van der Waals surface area contributed by atoms with E-state index in [1.807, 2.05) is 0 Å². The number of nitrogens with zero attached hydrogens (tertiary/aromatic N) is 2. The summed E-state index contributed by atoms with van der Waals surface area (Å²) in [6.45, 7) is 0. The van der Waals surface area contributed by atoms with Crippen molar-refractivity contribution in [3.05, 3.63) is 76.4 Å². The third kappa shape index (κ3) is 8.25. The Morgan fingerprint density at radius 3 is 2.16 bits per heavy atom. The van der Waals surface area contributed by atoms with E-state index in [9.17, 15) is 49.1 Å². The quantitative estimate of drug-likeness (QED) is 0.219. The summed E-state index contributed by atoms with van der Waals surface area (Å²) in [6.07, 6.45) is -13.0. The molecule has 3 amide bonds. The Bertz CT molecular complexity index is 1200. The average Bonchev–Trinajstić information content (AvgIpc) is 2.77. The lowest BCUT2D eigenvalue weighted by molar-refractivity contribution is -0.162. The van der Waals surface area contributed by atoms with Gasteiger partial charge in [0.05, 0.1) is 17.3 Å². The number of urea groups is 1. The van der Waals surface area contributed by atoms with Crippen molar-refractivity contribution in [2.75, 3.05) is 7.05 Å². The molecule has 0 aliphatic heterocycles. The zero-order valence-electron chi connectivity index (χ0n) is 18.5. The molecule has 0 aromatic heterocycles. The molecule has 0 saturated carbocycles. The maximum absolute atomic E-state index is 13.5. The first kappa shape index (κ1) is 29.2. The lowest BCUT2D eigenvalue weighted by Crippen LogP contribution is -2.37. The third-order valence-corrected chi connectivity index (χ3v) is 4.66. The van der Waals surface area contributed by atoms with E-state index in [1.54, 1.807) is 0 Å². The second kappa shape index (κ2) is 10.9. The summed E-state index contributed by atoms with van der Waals surface area (Å²) in [7, 11) is 1.09. The smallest absolute Gasteiger partial charge is 0.350 e. The first-order valence-corrected chi connectivity index (χ1v) is 9.90. The van der Waals surface area contributed by atoms with Gasteiger partial charge in [-0.2, -0.15) is 44.6 Å². The SMILES string of the molecule is CN(/N=C/c1ccc(/C=C/C(=O)NC(c2cccc(C(F)(F)F)c2)C(F)(F)F)cc1C(F)(F)F)C(N)=O. The van der Waals surface area contributed by atoms with Crippen molar-refractivity contribution in [3.8, 4) is 0 Å². The highest BCUT2D eigenvalue weighted by molar-refractivity contribution is 5.92. The highest BCUT2D eigenvalue weighted by atomic mass is 19.4. The van der Waals surface area contributed by atoms with Crippen LogP contribution in [0.15, 0.2) is 53.6 Å². The van der Waals surface area contributed by atoms with Crippen LogP contribution in [0.25, 0.3) is 6.08 Å². The molecule has 15 heteroatoms. The number of primary amides is 1. The molecule has 0 radical (unpaired) electrons. The zero-order chi connectivity index (χ0) is 28.2. The van der Waals surface area contributed by atoms with E-state index in [0.717, 1.165) is 37.4 Å². The number of nitrogens with two attached hydrogens (primary N) is 1. The third-order valence-electron chi connectivity index (χ3n) is 4.66. The molecule has 37 heavy (non-hydrogen) atoms. The van der Waals surface area contributed by atoms with E-state index in [-0.39, 0.29) is 11.6 Å². The predicted molar refractivity (Wildman–Crippen MR) is 114 cm³/mol. The Labute approximate surface area is 203 Å². The first-order valence-electron chi connectivity index (χ1n) is 9.90. The summed E-state index contributed by atoms with van der Waals surface area (Å²) < 4.78 is 119. The molecule has 1 atom stereocenters. The standard InChI is InChI=1S/C22H17F9N4O2/c1-35(19(32)37)33-11-14-7-5-12(9-16(14)21(26,27)28)6-8-17(36)34-18(22(29,30)31)13-3-2-4-15(10-13)20(23,24)25/h2-11,18H,1H3,(H2,32,37)(H,34,36)/b8-6+,33-11+. The molecule has 0 aliphatic rings. The number of rotatable bonds is 6. The van der Waals surface area contributed by atoms with Crippen LogP contribution >= 0.6 is 0 Å². The number of carbonyl (C=O) groups excluding carboxylic acids is 2. The van der Waals surface area contributed by atoms with Gasteiger partial charge in [-0.25, -0.2) is 9.80 Å². The molecule has 0 fully saturated rings. The van der Waals surface area contributed by atoms with Crippen LogP contribution in [0.3, 0.4) is 0 Å². The molecular formula is C22H17F9N4O2. The molecule has 3 N–H and O–H groups in total. The highest BCUT2D eigenvalue weighted by Gasteiger charge is 2.42. The number of nitrogens with one attached hydrogen (secondary N) is 1. The van der Waals surface area contributed by atoms with E-state index in [0.29, 0.717) is 29.4 Å². The molecule has 0 saturated heterocycles. The first-order chi connectivity index (χ1) is 16.9. The number of alkyl halides is 9. The summed E-state index contributed by atoms with van der Waals surface area (Å²) in [4.78, 5) is 23.0. The fourth-order valence-electron chi connectivity index (χ4n) is 2.85. The van der Waals surface area contributed by atoms with E-state index in [4.69, 9.17) is 5.73 Å². The summed E-state index contributed by atoms with van der Waals surface area (Å²) in [6, 6.07) is 0.982. The molecule has 2 rings (SSSR count). The van der Waals surface area contributed by atoms with Crippen LogP contribution in [0, 0.1) is 0 Å². The van der Waals surface area contributed by atoms with Gasteiger partial charge >= 0.3 is 24.6 Å². The summed E-state index contributed by atoms with van der Waals surface area (Å²) in [5.74, 6) is -1.43. The fourth-order valence-corrected chi connectivity index (χ4v) is 2.85. The van der Waals surface area contributed by atoms with Gasteiger partial charge < -0.3 is 11.1 Å². The van der Waals surface area contributed by atoms with Gasteiger partial charge in [-0.15, -0.1) is 0 Å². The number of hydrazone groups is 1. The minimum atomic E-state index is -5.18. The van der Waals surface area contributed by atoms with Gasteiger partial charge in [-0.05, 0) is 35.4 Å². The number of halogens is 9. The molecule has 0 spiro atoms. The van der Waals surface area contributed by atoms with Crippen molar-refractivity contribution in [1.82, 2.24) is 10.3 Å². The van der Waals surface area contributed by atoms with Crippen molar-refractivity contribution in [1.29, 1.82) is 0 Å². The van der Waals surface area contributed by atoms with Crippen molar-refractivity contribution < 1.29 is 49.1 Å². The Kier molecular flexibility index (Phi) is 8.62. The Balaban J connectivity index is 2.31. The summed E-state index contributed by atoms with van der Waals surface area (Å²) in [5, 5.41) is 5.53. The van der Waals surface area contributed by atoms with E-state index >= 15 is 0 Å². The maximum Gasteiger partial charge on any atom is 0.417 e. The van der Waals surface area contributed by atoms with Crippen LogP contribution in [0.2, 0.25) is 0 Å². The van der Waals surface area contributed by atoms with Gasteiger partial charge in [0, 0.05) is 18.7 Å². The van der Waals surface area contributed by atoms with E-state index < -0.39 is 58.8 Å². The summed E-state index contributed by atoms with van der Waals surface area (Å²) >= 11 is 0. The van der Waals surface area contributed by atoms with Gasteiger partial charge in [0.25, 0.3) is 0 Å². The molecule has 0 bridgehead atoms. The number of hydrogen-bond acceptors (Lipinski definition) is 3. The second-order valence-electron chi connectivity index (χ2n) is 7.39. The van der Waals surface area contributed by atoms with Gasteiger partial charge in [-0.3, -0.25) is 4.79 Å². The van der Waals surface area contributed by atoms with Crippen LogP contribution in [0.5, 0.6) is 0 Å². The topological polar surface area (TPSA) is 87.8 Å². The van der Waals surface area contributed by atoms with Crippen LogP contribution in [0.1, 0.15) is 33.9 Å². The predicted octanol–water partition coefficient (Wildman–Crippen LogP) is 5.50. The van der Waals surface area contributed by atoms with E-state index in [1.165, 1.54) is 5.32 Å². The number of benzene rings is 2. The summed E-state index contributed by atoms with van der Waals surface area (Å²) in [5.41, 5.74) is 0.693. The van der Waals surface area contributed by atoms with Crippen LogP contribution < -0.4 is 11.1 Å². The molecule has 6 nitrogen and oxygen atoms in total. The number of hydrogen-bond donors (Lipinski definition) is 2. The van der Waals surface area contributed by atoms with Crippen LogP contribution in [0.4, 0.5) is 44.3 Å². The Hall–Kier alpha value is -4.04. The molecule has 200 valence electrons. The lowest BCUT2D eigenvalue weighted by Gasteiger charge is -2.22. The van der Waals surface area contributed by atoms with Gasteiger partial charge in [0.15, 0.2) is 6.04 Å². The highest BCUT2D eigenvalue weighted by Crippen LogP contribution is 2.36. The number of carbonyl (C=O) groups is 2. The Morgan fingerprint density at radius 1 is 0.973 bits per heavy atom. The largest absolute Gasteiger partial charge is 0.417 e. The van der Waals surface area contributed by atoms with Gasteiger partial charge in [0.1, 0.15) is 0 Å². The molecule has 0 aliphatic carbocycles. The normalized spacial score (nSPS) is 13.7. The van der Waals surface area contributed by atoms with Crippen LogP contribution in [-0.2, 0) is 17.1 Å². The van der Waals surface area contributed by atoms with Crippen molar-refractivity contribution >= 4 is 24.2 Å². The lowest BCUT2D eigenvalue weighted by atomic mass is 10.0. The van der Waals surface area contributed by atoms with Gasteiger partial charge in [-0.1, -0.05) is 24.3 Å². The zero-order valence-corrected chi connectivity index (χ0v) is 18.5. The monoisotopic (exact) mass is 540 g/mol. The van der Waals surface area contributed by atoms with Crippen molar-refractivity contribution in [2.24, 2.45) is 10.8 Å². The fraction of sp³-hybridized carbons (Fsp3) is 0.227. The van der Waals surface area contributed by atoms with E-state index in [2.05, 4.69) is 5.10 Å². The maximum atomic E-state index is 13.5. The molecular weight excluding hydrogens is 523 g/mol. The minimum Gasteiger partial charge on any atom is -0.350 e. The molecule has 2 aromatic carbocycles. The van der Waals surface area contributed by atoms with Crippen molar-refractivity contribution in [3.63, 3.8) is 0 Å². The number of amides is 3. The van der Waals surface area contributed by atoms with Crippen LogP contribution in [-0.4, -0.2) is 36.4 Å². The van der Waals surface area contributed by atoms with Crippen molar-refractivity contribution in [2.45, 2.75) is 24.6 Å². The molecule has 0 heterocycles. The second-order valence-corrected chi connectivity index (χ2v) is 7.39. The average molecular weight is 540 g/mol.